The molecule has 3 aromatic rings. The first-order valence-corrected chi connectivity index (χ1v) is 12.0. The predicted octanol–water partition coefficient (Wildman–Crippen LogP) is 4.68. The van der Waals surface area contributed by atoms with E-state index in [2.05, 4.69) is 20.2 Å². The largest absolute Gasteiger partial charge is 0.508 e. The Kier molecular flexibility index (Phi) is 8.27. The molecule has 0 spiro atoms. The number of aromatic nitrogens is 2. The van der Waals surface area contributed by atoms with E-state index in [0.29, 0.717) is 23.3 Å². The number of phenolic OH excluding ortho intramolecular Hbond substituents is 1. The second-order valence-electron chi connectivity index (χ2n) is 8.54. The fourth-order valence-corrected chi connectivity index (χ4v) is 4.57. The van der Waals surface area contributed by atoms with Crippen molar-refractivity contribution in [3.8, 4) is 17.2 Å². The molecule has 0 bridgehead atoms. The van der Waals surface area contributed by atoms with Crippen LogP contribution in [0.5, 0.6) is 17.2 Å². The van der Waals surface area contributed by atoms with Gasteiger partial charge < -0.3 is 24.6 Å². The van der Waals surface area contributed by atoms with Gasteiger partial charge in [0.15, 0.2) is 11.5 Å². The molecule has 2 aromatic carbocycles. The van der Waals surface area contributed by atoms with E-state index in [9.17, 15) is 14.3 Å². The molecule has 1 fully saturated rings. The van der Waals surface area contributed by atoms with E-state index in [-0.39, 0.29) is 34.5 Å². The average molecular weight is 519 g/mol. The van der Waals surface area contributed by atoms with Gasteiger partial charge in [0.25, 0.3) is 0 Å². The van der Waals surface area contributed by atoms with E-state index in [4.69, 9.17) is 25.8 Å². The molecule has 1 aliphatic heterocycles. The molecular formula is C25H28ClFN4O5. The lowest BCUT2D eigenvalue weighted by atomic mass is 10.1. The highest BCUT2D eigenvalue weighted by molar-refractivity contribution is 6.35. The molecule has 36 heavy (non-hydrogen) atoms. The number of fused-ring (bicyclic) bond motifs is 1. The van der Waals surface area contributed by atoms with Gasteiger partial charge in [-0.05, 0) is 38.1 Å². The van der Waals surface area contributed by atoms with Gasteiger partial charge in [-0.25, -0.2) is 4.98 Å². The van der Waals surface area contributed by atoms with Crippen LogP contribution in [0.2, 0.25) is 5.15 Å². The maximum Gasteiger partial charge on any atom is 0.310 e. The number of aromatic hydroxyl groups is 1. The summed E-state index contributed by atoms with van der Waals surface area (Å²) in [6.45, 7) is 3.81. The Labute approximate surface area is 213 Å². The molecule has 0 saturated carbocycles. The molecule has 1 unspecified atom stereocenters. The standard InChI is InChI=1S/C25H28ClFN4O5/c1-15(32)36-18(13-31-9-4-3-5-10-31)14-35-20-12-19-21(24(26)30-25(27)29-19)22(23(20)34-2)28-16-7-6-8-17(33)11-16/h6-8,11-12,18,28,33H,3-5,9-10,13-14H2,1-2H3. The summed E-state index contributed by atoms with van der Waals surface area (Å²) in [4.78, 5) is 21.5. The van der Waals surface area contributed by atoms with Crippen molar-refractivity contribution in [2.45, 2.75) is 32.3 Å². The highest BCUT2D eigenvalue weighted by Crippen LogP contribution is 2.45. The summed E-state index contributed by atoms with van der Waals surface area (Å²) >= 11 is 6.30. The second-order valence-corrected chi connectivity index (χ2v) is 8.90. The first kappa shape index (κ1) is 25.7. The van der Waals surface area contributed by atoms with Crippen LogP contribution in [0.25, 0.3) is 10.9 Å². The van der Waals surface area contributed by atoms with E-state index in [1.165, 1.54) is 38.7 Å². The SMILES string of the molecule is COc1c(OCC(CN2CCCCC2)OC(C)=O)cc2nc(F)nc(Cl)c2c1Nc1cccc(O)c1. The summed E-state index contributed by atoms with van der Waals surface area (Å²) in [5.41, 5.74) is 1.04. The minimum atomic E-state index is -0.991. The molecule has 4 rings (SSSR count). The van der Waals surface area contributed by atoms with Gasteiger partial charge in [-0.3, -0.25) is 9.69 Å². The molecule has 1 aromatic heterocycles. The molecule has 2 heterocycles. The van der Waals surface area contributed by atoms with Crippen LogP contribution in [0.15, 0.2) is 30.3 Å². The van der Waals surface area contributed by atoms with Crippen molar-refractivity contribution in [2.24, 2.45) is 0 Å². The number of ether oxygens (including phenoxy) is 3. The van der Waals surface area contributed by atoms with Gasteiger partial charge in [-0.15, -0.1) is 0 Å². The molecule has 1 saturated heterocycles. The Hall–Kier alpha value is -3.37. The molecule has 0 amide bonds. The third kappa shape index (κ3) is 6.24. The number of rotatable bonds is 9. The maximum absolute atomic E-state index is 14.0. The van der Waals surface area contributed by atoms with Gasteiger partial charge in [0.2, 0.25) is 0 Å². The van der Waals surface area contributed by atoms with Crippen LogP contribution in [-0.2, 0) is 9.53 Å². The quantitative estimate of drug-likeness (QED) is 0.237. The number of anilines is 2. The molecule has 0 radical (unpaired) electrons. The number of nitrogens with zero attached hydrogens (tertiary/aromatic N) is 3. The van der Waals surface area contributed by atoms with Crippen molar-refractivity contribution in [3.05, 3.63) is 41.6 Å². The molecule has 1 aliphatic rings. The van der Waals surface area contributed by atoms with Gasteiger partial charge >= 0.3 is 12.0 Å². The van der Waals surface area contributed by atoms with Crippen LogP contribution in [0.4, 0.5) is 15.8 Å². The van der Waals surface area contributed by atoms with Crippen LogP contribution < -0.4 is 14.8 Å². The Morgan fingerprint density at radius 1 is 1.25 bits per heavy atom. The summed E-state index contributed by atoms with van der Waals surface area (Å²) in [5.74, 6) is 0.157. The van der Waals surface area contributed by atoms with Crippen LogP contribution in [0.1, 0.15) is 26.2 Å². The Bertz CT molecular complexity index is 1240. The third-order valence-electron chi connectivity index (χ3n) is 5.82. The van der Waals surface area contributed by atoms with Crippen LogP contribution in [-0.4, -0.2) is 65.4 Å². The molecule has 9 nitrogen and oxygen atoms in total. The van der Waals surface area contributed by atoms with Crippen LogP contribution >= 0.6 is 11.6 Å². The normalized spacial score (nSPS) is 14.9. The molecule has 2 N–H and O–H groups in total. The van der Waals surface area contributed by atoms with Gasteiger partial charge in [0.05, 0.1) is 23.7 Å². The second kappa shape index (κ2) is 11.6. The fourth-order valence-electron chi connectivity index (χ4n) is 4.31. The zero-order valence-corrected chi connectivity index (χ0v) is 20.8. The number of nitrogens with one attached hydrogen (secondary N) is 1. The van der Waals surface area contributed by atoms with E-state index >= 15 is 0 Å². The molecule has 11 heteroatoms. The summed E-state index contributed by atoms with van der Waals surface area (Å²) in [7, 11) is 1.46. The van der Waals surface area contributed by atoms with Gasteiger partial charge in [-0.2, -0.15) is 9.37 Å². The monoisotopic (exact) mass is 518 g/mol. The lowest BCUT2D eigenvalue weighted by Gasteiger charge is -2.30. The number of esters is 1. The lowest BCUT2D eigenvalue weighted by molar-refractivity contribution is -0.149. The van der Waals surface area contributed by atoms with Crippen molar-refractivity contribution in [3.63, 3.8) is 0 Å². The van der Waals surface area contributed by atoms with Crippen molar-refractivity contribution < 1.29 is 28.5 Å². The molecule has 192 valence electrons. The summed E-state index contributed by atoms with van der Waals surface area (Å²) in [6.07, 6.45) is 1.88. The van der Waals surface area contributed by atoms with Crippen molar-refractivity contribution >= 4 is 39.8 Å². The minimum Gasteiger partial charge on any atom is -0.508 e. The highest BCUT2D eigenvalue weighted by Gasteiger charge is 2.24. The van der Waals surface area contributed by atoms with E-state index in [1.807, 2.05) is 0 Å². The number of carbonyl (C=O) groups is 1. The number of benzene rings is 2. The minimum absolute atomic E-state index is 0.0464. The number of likely N-dealkylation sites (tertiary alicyclic amines) is 1. The smallest absolute Gasteiger partial charge is 0.310 e. The molecular weight excluding hydrogens is 491 g/mol. The zero-order valence-electron chi connectivity index (χ0n) is 20.1. The average Bonchev–Trinajstić information content (AvgIpc) is 2.82. The van der Waals surface area contributed by atoms with Crippen LogP contribution in [0, 0.1) is 6.08 Å². The number of hydrogen-bond donors (Lipinski definition) is 2. The van der Waals surface area contributed by atoms with Gasteiger partial charge in [0, 0.05) is 31.3 Å². The molecule has 1 atom stereocenters. The van der Waals surface area contributed by atoms with Gasteiger partial charge in [0.1, 0.15) is 23.6 Å². The zero-order chi connectivity index (χ0) is 25.7. The number of piperidine rings is 1. The number of methoxy groups -OCH3 is 1. The van der Waals surface area contributed by atoms with E-state index in [1.54, 1.807) is 12.1 Å². The first-order chi connectivity index (χ1) is 17.3. The predicted molar refractivity (Wildman–Crippen MR) is 134 cm³/mol. The number of carbonyl (C=O) groups excluding carboxylic acids is 1. The molecule has 0 aliphatic carbocycles. The number of hydrogen-bond acceptors (Lipinski definition) is 9. The summed E-state index contributed by atoms with van der Waals surface area (Å²) in [5, 5.41) is 13.2. The van der Waals surface area contributed by atoms with Crippen molar-refractivity contribution in [1.82, 2.24) is 14.9 Å². The lowest BCUT2D eigenvalue weighted by Crippen LogP contribution is -2.40. The van der Waals surface area contributed by atoms with Gasteiger partial charge in [-0.1, -0.05) is 24.1 Å². The van der Waals surface area contributed by atoms with Crippen molar-refractivity contribution in [1.29, 1.82) is 0 Å². The topological polar surface area (TPSA) is 106 Å². The Morgan fingerprint density at radius 3 is 2.72 bits per heavy atom. The summed E-state index contributed by atoms with van der Waals surface area (Å²) in [6, 6.07) is 7.93. The van der Waals surface area contributed by atoms with Crippen molar-refractivity contribution in [2.75, 3.05) is 38.7 Å². The maximum atomic E-state index is 14.0. The fraction of sp³-hybridized carbons (Fsp3) is 0.400. The number of halogens is 2. The first-order valence-electron chi connectivity index (χ1n) is 11.7. The number of phenols is 1. The summed E-state index contributed by atoms with van der Waals surface area (Å²) < 4.78 is 31.3. The Morgan fingerprint density at radius 2 is 2.03 bits per heavy atom. The highest BCUT2D eigenvalue weighted by atomic mass is 35.5. The Balaban J connectivity index is 1.69. The van der Waals surface area contributed by atoms with Crippen LogP contribution in [0.3, 0.4) is 0 Å². The van der Waals surface area contributed by atoms with E-state index in [0.717, 1.165) is 25.9 Å². The third-order valence-corrected chi connectivity index (χ3v) is 6.10. The van der Waals surface area contributed by atoms with E-state index < -0.39 is 18.2 Å².